The zero-order valence-electron chi connectivity index (χ0n) is 17.5. The highest BCUT2D eigenvalue weighted by Crippen LogP contribution is 2.13. The first-order valence-electron chi connectivity index (χ1n) is 8.77. The van der Waals surface area contributed by atoms with Crippen molar-refractivity contribution >= 4 is 25.2 Å². The van der Waals surface area contributed by atoms with E-state index in [2.05, 4.69) is 20.1 Å². The minimum atomic E-state index is -1.86. The monoisotopic (exact) mass is 404 g/mol. The molecule has 27 heavy (non-hydrogen) atoms. The number of nitrogens with zero attached hydrogens (tertiary/aromatic N) is 1. The Bertz CT molecular complexity index is 549. The van der Waals surface area contributed by atoms with E-state index in [9.17, 15) is 19.6 Å². The Hall–Kier alpha value is -1.53. The third kappa shape index (κ3) is 17.6. The molecule has 0 aliphatic carbocycles. The number of aliphatic hydroxyl groups excluding tert-OH is 1. The maximum Gasteiger partial charge on any atom is 0.333 e. The van der Waals surface area contributed by atoms with Gasteiger partial charge in [0, 0.05) is 11.1 Å². The zero-order chi connectivity index (χ0) is 21.6. The molecule has 0 aliphatic rings. The largest absolute Gasteiger partial charge is 0.628 e. The lowest BCUT2D eigenvalue weighted by molar-refractivity contribution is -0.861. The van der Waals surface area contributed by atoms with Crippen LogP contribution in [0.4, 0.5) is 0 Å². The first-order chi connectivity index (χ1) is 12.3. The molecule has 0 aromatic rings. The quantitative estimate of drug-likeness (QED) is 0.197. The van der Waals surface area contributed by atoms with Crippen molar-refractivity contribution in [3.63, 3.8) is 0 Å². The van der Waals surface area contributed by atoms with Crippen molar-refractivity contribution in [2.24, 2.45) is 0 Å². The van der Waals surface area contributed by atoms with E-state index < -0.39 is 13.7 Å². The molecule has 1 atom stereocenters. The van der Waals surface area contributed by atoms with Gasteiger partial charge in [-0.3, -0.25) is 0 Å². The van der Waals surface area contributed by atoms with Crippen LogP contribution in [0.2, 0.25) is 0 Å². The number of rotatable bonds is 10. The van der Waals surface area contributed by atoms with E-state index in [1.165, 1.54) is 0 Å². The topological polar surface area (TPSA) is 95.9 Å². The smallest absolute Gasteiger partial charge is 0.333 e. The minimum absolute atomic E-state index is 0.0299. The number of unbranched alkanes of at least 4 members (excludes halogenated alkanes) is 1. The summed E-state index contributed by atoms with van der Waals surface area (Å²) in [5.74, 6) is -0.784. The van der Waals surface area contributed by atoms with Crippen LogP contribution in [0.5, 0.6) is 0 Å². The summed E-state index contributed by atoms with van der Waals surface area (Å²) in [6.07, 6.45) is 2.11. The van der Waals surface area contributed by atoms with Crippen LogP contribution in [0.3, 0.4) is 0 Å². The molecule has 1 unspecified atom stereocenters. The number of esters is 2. The molecular weight excluding hydrogens is 369 g/mol. The normalized spacial score (nSPS) is 11.6. The standard InChI is InChI=1S/C11H20NO4P.C8H14O2/c1-9(2)11(14)16-6-7-17(15)10(13)8-12(3,4)5;1-4-5-6-10-8(9)7(2)3/h1,6-8H2,2-5H3;2,4-6H2,1,3H3/p+1. The van der Waals surface area contributed by atoms with Crippen molar-refractivity contribution in [3.8, 4) is 0 Å². The number of hydrogen-bond donors (Lipinski definition) is 1. The predicted molar refractivity (Wildman–Crippen MR) is 108 cm³/mol. The third-order valence-corrected chi connectivity index (χ3v) is 4.17. The van der Waals surface area contributed by atoms with E-state index in [4.69, 9.17) is 9.47 Å². The summed E-state index contributed by atoms with van der Waals surface area (Å²) in [4.78, 5) is 33.3. The molecule has 0 aromatic carbocycles. The summed E-state index contributed by atoms with van der Waals surface area (Å²) in [6, 6.07) is 0. The highest BCUT2D eigenvalue weighted by atomic mass is 31.1. The van der Waals surface area contributed by atoms with Gasteiger partial charge in [-0.1, -0.05) is 26.5 Å². The Balaban J connectivity index is 0. The molecule has 0 aromatic heterocycles. The van der Waals surface area contributed by atoms with Crippen molar-refractivity contribution in [2.45, 2.75) is 33.6 Å². The molecule has 156 valence electrons. The Morgan fingerprint density at radius 1 is 1.04 bits per heavy atom. The van der Waals surface area contributed by atoms with Gasteiger partial charge in [0.15, 0.2) is 6.54 Å². The van der Waals surface area contributed by atoms with Crippen LogP contribution in [-0.4, -0.2) is 74.1 Å². The summed E-state index contributed by atoms with van der Waals surface area (Å²) in [6.45, 7) is 13.0. The van der Waals surface area contributed by atoms with Gasteiger partial charge in [0.25, 0.3) is 5.48 Å². The highest BCUT2D eigenvalue weighted by Gasteiger charge is 2.17. The summed E-state index contributed by atoms with van der Waals surface area (Å²) in [7, 11) is 3.81. The summed E-state index contributed by atoms with van der Waals surface area (Å²) in [5, 5.41) is 9.59. The van der Waals surface area contributed by atoms with Gasteiger partial charge in [0.05, 0.1) is 35.5 Å². The second-order valence-electron chi connectivity index (χ2n) is 7.15. The number of likely N-dealkylation sites (N-methyl/N-ethyl adjacent to an activating group) is 1. The number of hydrogen-bond acceptors (Lipinski definition) is 5. The zero-order valence-corrected chi connectivity index (χ0v) is 18.4. The van der Waals surface area contributed by atoms with Crippen molar-refractivity contribution < 1.29 is 33.5 Å². The van der Waals surface area contributed by atoms with Gasteiger partial charge in [-0.25, -0.2) is 9.59 Å². The number of ether oxygens (including phenoxy) is 2. The van der Waals surface area contributed by atoms with Crippen molar-refractivity contribution in [2.75, 3.05) is 47.1 Å². The Labute approximate surface area is 164 Å². The van der Waals surface area contributed by atoms with Crippen molar-refractivity contribution in [1.82, 2.24) is 0 Å². The fourth-order valence-corrected chi connectivity index (χ4v) is 2.51. The van der Waals surface area contributed by atoms with Crippen LogP contribution in [0, 0.1) is 0 Å². The van der Waals surface area contributed by atoms with Gasteiger partial charge >= 0.3 is 11.9 Å². The van der Waals surface area contributed by atoms with Gasteiger partial charge in [-0.2, -0.15) is 0 Å². The Kier molecular flexibility index (Phi) is 14.9. The number of carbonyl (C=O) groups excluding carboxylic acids is 2. The van der Waals surface area contributed by atoms with Gasteiger partial charge in [-0.05, 0) is 20.3 Å². The molecule has 0 heterocycles. The molecule has 0 radical (unpaired) electrons. The molecular formula is C19H35NO6P+. The van der Waals surface area contributed by atoms with Gasteiger partial charge in [0.1, 0.15) is 12.8 Å². The maximum atomic E-state index is 11.6. The maximum absolute atomic E-state index is 11.6. The second-order valence-corrected chi connectivity index (χ2v) is 8.87. The van der Waals surface area contributed by atoms with Gasteiger partial charge in [0.2, 0.25) is 0 Å². The predicted octanol–water partition coefficient (Wildman–Crippen LogP) is 1.98. The fourth-order valence-electron chi connectivity index (χ4n) is 1.41. The highest BCUT2D eigenvalue weighted by molar-refractivity contribution is 7.51. The van der Waals surface area contributed by atoms with Crippen LogP contribution in [-0.2, 0) is 19.1 Å². The average Bonchev–Trinajstić information content (AvgIpc) is 2.53. The van der Waals surface area contributed by atoms with E-state index in [1.54, 1.807) is 13.8 Å². The van der Waals surface area contributed by atoms with Crippen LogP contribution in [0.15, 0.2) is 24.3 Å². The molecule has 0 saturated heterocycles. The molecule has 1 N–H and O–H groups in total. The van der Waals surface area contributed by atoms with Crippen molar-refractivity contribution in [3.05, 3.63) is 24.3 Å². The average molecular weight is 404 g/mol. The lowest BCUT2D eigenvalue weighted by Crippen LogP contribution is -2.39. The second kappa shape index (κ2) is 14.5. The lowest BCUT2D eigenvalue weighted by atomic mass is 10.3. The van der Waals surface area contributed by atoms with Crippen LogP contribution >= 0.6 is 7.77 Å². The molecule has 0 bridgehead atoms. The Morgan fingerprint density at radius 3 is 1.85 bits per heavy atom. The number of quaternary nitrogens is 1. The summed E-state index contributed by atoms with van der Waals surface area (Å²) < 4.78 is 10.1. The molecule has 0 spiro atoms. The number of carbonyl (C=O) groups is 2. The first kappa shape index (κ1) is 27.7. The van der Waals surface area contributed by atoms with E-state index in [1.807, 2.05) is 21.1 Å². The third-order valence-electron chi connectivity index (χ3n) is 2.86. The summed E-state index contributed by atoms with van der Waals surface area (Å²) >= 11 is 0. The SMILES string of the molecule is C=C(C)C(=O)OCC/[P+]([O-])=C(\O)C[N+](C)(C)C.C=C(C)C(=O)OCCCC. The van der Waals surface area contributed by atoms with E-state index >= 15 is 0 Å². The molecule has 0 aliphatic heterocycles. The molecule has 8 heteroatoms. The number of aliphatic hydroxyl groups is 1. The summed E-state index contributed by atoms with van der Waals surface area (Å²) in [5.41, 5.74) is 0.731. The van der Waals surface area contributed by atoms with Gasteiger partial charge < -0.3 is 24.0 Å². The fraction of sp³-hybridized carbons (Fsp3) is 0.632. The van der Waals surface area contributed by atoms with Crippen molar-refractivity contribution in [1.29, 1.82) is 0 Å². The molecule has 0 rings (SSSR count). The molecule has 0 fully saturated rings. The molecule has 7 nitrogen and oxygen atoms in total. The lowest BCUT2D eigenvalue weighted by Gasteiger charge is -2.22. The van der Waals surface area contributed by atoms with Crippen LogP contribution in [0.1, 0.15) is 33.6 Å². The van der Waals surface area contributed by atoms with E-state index in [0.717, 1.165) is 12.8 Å². The van der Waals surface area contributed by atoms with E-state index in [0.29, 0.717) is 28.8 Å². The van der Waals surface area contributed by atoms with Crippen LogP contribution < -0.4 is 4.89 Å². The minimum Gasteiger partial charge on any atom is -0.628 e. The molecule has 0 amide bonds. The van der Waals surface area contributed by atoms with E-state index in [-0.39, 0.29) is 24.2 Å². The van der Waals surface area contributed by atoms with Gasteiger partial charge in [-0.15, -0.1) is 0 Å². The molecule has 0 saturated carbocycles. The van der Waals surface area contributed by atoms with Crippen LogP contribution in [0.25, 0.3) is 0 Å². The Morgan fingerprint density at radius 2 is 1.48 bits per heavy atom. The first-order valence-corrected chi connectivity index (χ1v) is 10.2.